The zero-order valence-electron chi connectivity index (χ0n) is 19.1. The molecule has 0 radical (unpaired) electrons. The van der Waals surface area contributed by atoms with Gasteiger partial charge in [-0.2, -0.15) is 0 Å². The largest absolute Gasteiger partial charge is 0.369 e. The summed E-state index contributed by atoms with van der Waals surface area (Å²) in [4.78, 5) is 31.8. The molecular formula is C24H36FN5O2. The fourth-order valence-corrected chi connectivity index (χ4v) is 5.34. The number of hydrogen-bond acceptors (Lipinski definition) is 5. The third kappa shape index (κ3) is 4.91. The van der Waals surface area contributed by atoms with Crippen LogP contribution in [-0.2, 0) is 9.59 Å². The summed E-state index contributed by atoms with van der Waals surface area (Å²) in [6.45, 7) is 7.93. The van der Waals surface area contributed by atoms with Gasteiger partial charge in [-0.25, -0.2) is 4.39 Å². The minimum Gasteiger partial charge on any atom is -0.369 e. The highest BCUT2D eigenvalue weighted by Crippen LogP contribution is 2.41. The summed E-state index contributed by atoms with van der Waals surface area (Å²) in [5.41, 5.74) is 6.66. The van der Waals surface area contributed by atoms with Gasteiger partial charge in [0.05, 0.1) is 11.5 Å². The molecule has 2 atom stereocenters. The second kappa shape index (κ2) is 9.75. The zero-order valence-corrected chi connectivity index (χ0v) is 19.1. The molecule has 0 bridgehead atoms. The van der Waals surface area contributed by atoms with Crippen LogP contribution in [0.25, 0.3) is 0 Å². The van der Waals surface area contributed by atoms with E-state index < -0.39 is 6.04 Å². The maximum Gasteiger partial charge on any atom is 0.239 e. The van der Waals surface area contributed by atoms with E-state index in [4.69, 9.17) is 5.73 Å². The Morgan fingerprint density at radius 1 is 1.16 bits per heavy atom. The number of likely N-dealkylation sites (tertiary alicyclic amines) is 1. The molecule has 32 heavy (non-hydrogen) atoms. The first-order chi connectivity index (χ1) is 15.4. The van der Waals surface area contributed by atoms with Gasteiger partial charge < -0.3 is 20.9 Å². The number of nitrogens with zero attached hydrogens (tertiary/aromatic N) is 3. The van der Waals surface area contributed by atoms with Gasteiger partial charge in [0.15, 0.2) is 0 Å². The van der Waals surface area contributed by atoms with Crippen molar-refractivity contribution in [3.63, 3.8) is 0 Å². The van der Waals surface area contributed by atoms with Crippen molar-refractivity contribution in [2.45, 2.75) is 51.1 Å². The molecule has 7 nitrogen and oxygen atoms in total. The van der Waals surface area contributed by atoms with Crippen LogP contribution in [0.3, 0.4) is 0 Å². The summed E-state index contributed by atoms with van der Waals surface area (Å²) in [7, 11) is 0. The van der Waals surface area contributed by atoms with E-state index in [1.165, 1.54) is 12.1 Å². The molecule has 176 valence electrons. The minimum absolute atomic E-state index is 0.0112. The quantitative estimate of drug-likeness (QED) is 0.695. The van der Waals surface area contributed by atoms with Crippen molar-refractivity contribution in [2.75, 3.05) is 50.7 Å². The fourth-order valence-electron chi connectivity index (χ4n) is 5.34. The number of piperidine rings is 1. The van der Waals surface area contributed by atoms with Crippen molar-refractivity contribution in [1.29, 1.82) is 0 Å². The summed E-state index contributed by atoms with van der Waals surface area (Å²) in [6, 6.07) is 6.48. The molecule has 3 heterocycles. The molecule has 1 aromatic carbocycles. The Kier molecular flexibility index (Phi) is 7.00. The van der Waals surface area contributed by atoms with Gasteiger partial charge in [-0.15, -0.1) is 0 Å². The summed E-state index contributed by atoms with van der Waals surface area (Å²) < 4.78 is 13.1. The number of anilines is 1. The normalized spacial score (nSPS) is 24.6. The van der Waals surface area contributed by atoms with Crippen molar-refractivity contribution >= 4 is 17.5 Å². The van der Waals surface area contributed by atoms with E-state index in [1.807, 2.05) is 24.0 Å². The van der Waals surface area contributed by atoms with Crippen molar-refractivity contribution in [3.05, 3.63) is 30.1 Å². The van der Waals surface area contributed by atoms with Gasteiger partial charge in [0.1, 0.15) is 5.82 Å². The van der Waals surface area contributed by atoms with Gasteiger partial charge in [0.2, 0.25) is 11.8 Å². The predicted octanol–water partition coefficient (Wildman–Crippen LogP) is 1.57. The summed E-state index contributed by atoms with van der Waals surface area (Å²) in [5, 5.41) is 3.23. The van der Waals surface area contributed by atoms with Crippen LogP contribution in [-0.4, -0.2) is 79.5 Å². The summed E-state index contributed by atoms with van der Waals surface area (Å²) in [6.07, 6.45) is 3.92. The van der Waals surface area contributed by atoms with Crippen LogP contribution in [0.5, 0.6) is 0 Å². The van der Waals surface area contributed by atoms with Crippen molar-refractivity contribution in [2.24, 2.45) is 11.1 Å². The van der Waals surface area contributed by atoms with Crippen LogP contribution in [0.4, 0.5) is 10.1 Å². The lowest BCUT2D eigenvalue weighted by Gasteiger charge is -2.38. The highest BCUT2D eigenvalue weighted by Gasteiger charge is 2.48. The second-order valence-electron chi connectivity index (χ2n) is 9.59. The summed E-state index contributed by atoms with van der Waals surface area (Å²) in [5.74, 6) is -0.0295. The van der Waals surface area contributed by atoms with E-state index in [9.17, 15) is 14.0 Å². The number of rotatable bonds is 6. The Bertz CT molecular complexity index is 801. The van der Waals surface area contributed by atoms with Gasteiger partial charge in [-0.05, 0) is 56.4 Å². The molecule has 1 unspecified atom stereocenters. The molecule has 1 spiro atoms. The standard InChI is InChI=1S/C24H36FN5O2/c1-2-21(26)22(31)30-11-8-24(9-12-30)17-19(27-23(24)32)7-10-28-13-15-29(16-14-28)20-5-3-18(25)4-6-20/h3-6,19,21H,2,7-17,26H2,1H3,(H,27,32)/t19-,21?/m0/s1. The SMILES string of the molecule is CCC(N)C(=O)N1CCC2(CC1)C[C@H](CCN1CCN(c3ccc(F)cc3)CC1)NC2=O. The Balaban J connectivity index is 1.21. The molecular weight excluding hydrogens is 409 g/mol. The molecule has 0 aromatic heterocycles. The number of amides is 2. The van der Waals surface area contributed by atoms with E-state index in [0.29, 0.717) is 19.5 Å². The minimum atomic E-state index is -0.433. The average Bonchev–Trinajstić information content (AvgIpc) is 3.12. The van der Waals surface area contributed by atoms with Crippen molar-refractivity contribution in [1.82, 2.24) is 15.1 Å². The van der Waals surface area contributed by atoms with E-state index in [-0.39, 0.29) is 29.1 Å². The Morgan fingerprint density at radius 3 is 2.44 bits per heavy atom. The molecule has 1 aromatic rings. The lowest BCUT2D eigenvalue weighted by atomic mass is 9.75. The van der Waals surface area contributed by atoms with Gasteiger partial charge in [-0.1, -0.05) is 6.92 Å². The highest BCUT2D eigenvalue weighted by atomic mass is 19.1. The molecule has 3 N–H and O–H groups in total. The van der Waals surface area contributed by atoms with Gasteiger partial charge in [-0.3, -0.25) is 14.5 Å². The summed E-state index contributed by atoms with van der Waals surface area (Å²) >= 11 is 0. The molecule has 3 aliphatic rings. The van der Waals surface area contributed by atoms with E-state index in [0.717, 1.165) is 64.1 Å². The third-order valence-electron chi connectivity index (χ3n) is 7.60. The number of halogens is 1. The molecule has 8 heteroatoms. The predicted molar refractivity (Wildman–Crippen MR) is 123 cm³/mol. The Hall–Kier alpha value is -2.19. The maximum atomic E-state index is 13.1. The topological polar surface area (TPSA) is 81.9 Å². The Labute approximate surface area is 190 Å². The van der Waals surface area contributed by atoms with Gasteiger partial charge in [0, 0.05) is 57.5 Å². The molecule has 3 fully saturated rings. The molecule has 0 aliphatic carbocycles. The van der Waals surface area contributed by atoms with Gasteiger partial charge in [0.25, 0.3) is 0 Å². The van der Waals surface area contributed by atoms with E-state index >= 15 is 0 Å². The van der Waals surface area contributed by atoms with Crippen LogP contribution in [0.1, 0.15) is 39.0 Å². The number of nitrogens with one attached hydrogen (secondary N) is 1. The average molecular weight is 446 g/mol. The van der Waals surface area contributed by atoms with Crippen molar-refractivity contribution in [3.8, 4) is 0 Å². The Morgan fingerprint density at radius 2 is 1.81 bits per heavy atom. The second-order valence-corrected chi connectivity index (χ2v) is 9.59. The van der Waals surface area contributed by atoms with Crippen LogP contribution < -0.4 is 16.0 Å². The number of carbonyl (C=O) groups is 2. The van der Waals surface area contributed by atoms with Crippen LogP contribution in [0.2, 0.25) is 0 Å². The zero-order chi connectivity index (χ0) is 22.7. The smallest absolute Gasteiger partial charge is 0.239 e. The highest BCUT2D eigenvalue weighted by molar-refractivity contribution is 5.86. The lowest BCUT2D eigenvalue weighted by Crippen LogP contribution is -2.50. The fraction of sp³-hybridized carbons (Fsp3) is 0.667. The van der Waals surface area contributed by atoms with Crippen molar-refractivity contribution < 1.29 is 14.0 Å². The first kappa shape index (κ1) is 23.0. The number of nitrogens with two attached hydrogens (primary N) is 1. The number of piperazine rings is 1. The maximum absolute atomic E-state index is 13.1. The first-order valence-electron chi connectivity index (χ1n) is 12.0. The first-order valence-corrected chi connectivity index (χ1v) is 12.0. The lowest BCUT2D eigenvalue weighted by molar-refractivity contribution is -0.139. The number of benzene rings is 1. The molecule has 0 saturated carbocycles. The van der Waals surface area contributed by atoms with Crippen LogP contribution >= 0.6 is 0 Å². The molecule has 4 rings (SSSR count). The van der Waals surface area contributed by atoms with Gasteiger partial charge >= 0.3 is 0 Å². The van der Waals surface area contributed by atoms with E-state index in [2.05, 4.69) is 15.1 Å². The molecule has 2 amide bonds. The van der Waals surface area contributed by atoms with E-state index in [1.54, 1.807) is 0 Å². The third-order valence-corrected chi connectivity index (χ3v) is 7.60. The number of carbonyl (C=O) groups excluding carboxylic acids is 2. The van der Waals surface area contributed by atoms with Crippen LogP contribution in [0.15, 0.2) is 24.3 Å². The monoisotopic (exact) mass is 445 g/mol. The molecule has 3 aliphatic heterocycles. The number of hydrogen-bond donors (Lipinski definition) is 2. The molecule has 3 saturated heterocycles. The van der Waals surface area contributed by atoms with Crippen LogP contribution in [0, 0.1) is 11.2 Å².